The number of thiazole rings is 1. The van der Waals surface area contributed by atoms with Crippen LogP contribution in [-0.4, -0.2) is 28.3 Å². The zero-order valence-electron chi connectivity index (χ0n) is 23.9. The number of aromatic nitrogens is 2. The minimum absolute atomic E-state index is 0.114. The van der Waals surface area contributed by atoms with Gasteiger partial charge in [0.15, 0.2) is 4.80 Å². The smallest absolute Gasteiger partial charge is 0.338 e. The number of ether oxygens (including phenoxy) is 2. The number of aryl methyl sites for hydroxylation is 1. The van der Waals surface area contributed by atoms with Crippen LogP contribution in [0.3, 0.4) is 0 Å². The summed E-state index contributed by atoms with van der Waals surface area (Å²) < 4.78 is 16.5. The third-order valence-corrected chi connectivity index (χ3v) is 8.71. The second-order valence-corrected chi connectivity index (χ2v) is 12.2. The van der Waals surface area contributed by atoms with Gasteiger partial charge in [-0.3, -0.25) is 9.36 Å². The second-order valence-electron chi connectivity index (χ2n) is 10.3. The highest BCUT2D eigenvalue weighted by Gasteiger charge is 2.35. The maximum Gasteiger partial charge on any atom is 0.338 e. The lowest BCUT2D eigenvalue weighted by molar-refractivity contribution is -0.136. The van der Waals surface area contributed by atoms with Crippen LogP contribution in [0.1, 0.15) is 49.2 Å². The van der Waals surface area contributed by atoms with Crippen molar-refractivity contribution in [2.45, 2.75) is 53.3 Å². The average Bonchev–Trinajstić information content (AvgIpc) is 3.37. The number of fused-ring (bicyclic) bond motifs is 2. The van der Waals surface area contributed by atoms with E-state index in [2.05, 4.69) is 53.1 Å². The van der Waals surface area contributed by atoms with E-state index in [0.29, 0.717) is 38.5 Å². The molecule has 0 bridgehead atoms. The van der Waals surface area contributed by atoms with E-state index in [4.69, 9.17) is 14.5 Å². The molecule has 0 saturated heterocycles. The van der Waals surface area contributed by atoms with Gasteiger partial charge in [0.2, 0.25) is 0 Å². The number of benzene rings is 2. The predicted molar refractivity (Wildman–Crippen MR) is 167 cm³/mol. The quantitative estimate of drug-likeness (QED) is 0.193. The summed E-state index contributed by atoms with van der Waals surface area (Å²) in [6.07, 6.45) is 3.71. The molecule has 0 spiro atoms. The third-order valence-electron chi connectivity index (χ3n) is 7.24. The molecule has 0 amide bonds. The summed E-state index contributed by atoms with van der Waals surface area (Å²) in [7, 11) is 1.33. The van der Waals surface area contributed by atoms with E-state index in [-0.39, 0.29) is 11.7 Å². The number of hydrogen-bond acceptors (Lipinski definition) is 6. The number of methoxy groups -OCH3 is 1. The molecular weight excluding hydrogens is 602 g/mol. The van der Waals surface area contributed by atoms with Gasteiger partial charge in [0.25, 0.3) is 5.56 Å². The van der Waals surface area contributed by atoms with E-state index in [9.17, 15) is 9.59 Å². The standard InChI is InChI=1S/C32H32BrN3O4S/c1-8-14-35-20(6)23(22-11-9-10-18(4)28(22)35)16-26-30(37)36-29(24-15-21(33)12-13-25(24)40-17(2)3)27(31(38)39-7)19(5)34-32(36)41-26/h8-13,15-17,29H,1,14H2,2-7H3/b26-16-/t29-/m0/s1. The van der Waals surface area contributed by atoms with Gasteiger partial charge in [0, 0.05) is 33.2 Å². The van der Waals surface area contributed by atoms with Gasteiger partial charge < -0.3 is 14.0 Å². The molecule has 41 heavy (non-hydrogen) atoms. The molecule has 0 aliphatic carbocycles. The fourth-order valence-electron chi connectivity index (χ4n) is 5.49. The van der Waals surface area contributed by atoms with Crippen molar-refractivity contribution in [3.8, 4) is 5.75 Å². The Kier molecular flexibility index (Phi) is 7.94. The van der Waals surface area contributed by atoms with Crippen LogP contribution in [0.4, 0.5) is 0 Å². The van der Waals surface area contributed by atoms with Gasteiger partial charge in [-0.1, -0.05) is 51.5 Å². The van der Waals surface area contributed by atoms with E-state index in [1.165, 1.54) is 18.4 Å². The van der Waals surface area contributed by atoms with Crippen LogP contribution in [0.5, 0.6) is 5.75 Å². The molecule has 1 atom stereocenters. The first kappa shape index (κ1) is 28.8. The van der Waals surface area contributed by atoms with Crippen LogP contribution in [0, 0.1) is 13.8 Å². The number of halogens is 1. The summed E-state index contributed by atoms with van der Waals surface area (Å²) in [4.78, 5) is 32.6. The Hall–Kier alpha value is -3.69. The van der Waals surface area contributed by atoms with Crippen LogP contribution in [0.2, 0.25) is 0 Å². The Balaban J connectivity index is 1.82. The largest absolute Gasteiger partial charge is 0.491 e. The van der Waals surface area contributed by atoms with Crippen LogP contribution >= 0.6 is 27.3 Å². The monoisotopic (exact) mass is 633 g/mol. The average molecular weight is 635 g/mol. The molecule has 0 N–H and O–H groups in total. The number of carbonyl (C=O) groups is 1. The molecule has 0 unspecified atom stereocenters. The lowest BCUT2D eigenvalue weighted by Gasteiger charge is -2.26. The van der Waals surface area contributed by atoms with Crippen molar-refractivity contribution < 1.29 is 14.3 Å². The van der Waals surface area contributed by atoms with Gasteiger partial charge in [-0.2, -0.15) is 0 Å². The highest BCUT2D eigenvalue weighted by atomic mass is 79.9. The number of rotatable bonds is 7. The summed E-state index contributed by atoms with van der Waals surface area (Å²) >= 11 is 4.87. The molecule has 7 nitrogen and oxygen atoms in total. The van der Waals surface area contributed by atoms with E-state index >= 15 is 0 Å². The Morgan fingerprint density at radius 3 is 2.66 bits per heavy atom. The predicted octanol–water partition coefficient (Wildman–Crippen LogP) is 5.72. The summed E-state index contributed by atoms with van der Waals surface area (Å²) in [6, 6.07) is 11.0. The van der Waals surface area contributed by atoms with Gasteiger partial charge in [-0.05, 0) is 64.5 Å². The molecule has 0 radical (unpaired) electrons. The normalized spacial score (nSPS) is 15.3. The van der Waals surface area contributed by atoms with Gasteiger partial charge in [-0.15, -0.1) is 6.58 Å². The summed E-state index contributed by atoms with van der Waals surface area (Å²) in [6.45, 7) is 14.4. The van der Waals surface area contributed by atoms with Gasteiger partial charge in [0.1, 0.15) is 11.8 Å². The fourth-order valence-corrected chi connectivity index (χ4v) is 6.90. The molecule has 1 aliphatic rings. The molecule has 2 aromatic heterocycles. The van der Waals surface area contributed by atoms with Crippen LogP contribution in [-0.2, 0) is 16.1 Å². The molecule has 4 aromatic rings. The second kappa shape index (κ2) is 11.3. The van der Waals surface area contributed by atoms with Gasteiger partial charge in [0.05, 0.1) is 34.5 Å². The number of nitrogens with zero attached hydrogens (tertiary/aromatic N) is 3. The minimum atomic E-state index is -0.780. The van der Waals surface area contributed by atoms with Crippen molar-refractivity contribution in [2.75, 3.05) is 7.11 Å². The first-order chi connectivity index (χ1) is 19.6. The molecule has 3 heterocycles. The highest BCUT2D eigenvalue weighted by molar-refractivity contribution is 9.10. The van der Waals surface area contributed by atoms with Crippen molar-refractivity contribution in [1.82, 2.24) is 9.13 Å². The summed E-state index contributed by atoms with van der Waals surface area (Å²) in [5, 5.41) is 1.07. The van der Waals surface area contributed by atoms with Crippen molar-refractivity contribution in [1.29, 1.82) is 0 Å². The summed E-state index contributed by atoms with van der Waals surface area (Å²) in [5.41, 5.74) is 5.52. The number of carbonyl (C=O) groups excluding carboxylic acids is 1. The minimum Gasteiger partial charge on any atom is -0.491 e. The van der Waals surface area contributed by atoms with E-state index in [1.54, 1.807) is 11.5 Å². The van der Waals surface area contributed by atoms with Gasteiger partial charge >= 0.3 is 5.97 Å². The molecular formula is C32H32BrN3O4S. The Bertz CT molecular complexity index is 1930. The first-order valence-electron chi connectivity index (χ1n) is 13.3. The molecule has 0 saturated carbocycles. The van der Waals surface area contributed by atoms with Crippen LogP contribution in [0.25, 0.3) is 17.0 Å². The zero-order valence-corrected chi connectivity index (χ0v) is 26.4. The molecule has 0 fully saturated rings. The van der Waals surface area contributed by atoms with E-state index in [0.717, 1.165) is 32.2 Å². The topological polar surface area (TPSA) is 74.8 Å². The van der Waals surface area contributed by atoms with Crippen LogP contribution < -0.4 is 19.6 Å². The first-order valence-corrected chi connectivity index (χ1v) is 14.9. The molecule has 2 aromatic carbocycles. The maximum atomic E-state index is 14.3. The Morgan fingerprint density at radius 1 is 1.22 bits per heavy atom. The van der Waals surface area contributed by atoms with Crippen molar-refractivity contribution in [3.05, 3.63) is 107 Å². The van der Waals surface area contributed by atoms with Crippen molar-refractivity contribution in [3.63, 3.8) is 0 Å². The molecule has 1 aliphatic heterocycles. The van der Waals surface area contributed by atoms with Crippen molar-refractivity contribution >= 4 is 50.2 Å². The zero-order chi connectivity index (χ0) is 29.6. The lowest BCUT2D eigenvalue weighted by atomic mass is 9.95. The highest BCUT2D eigenvalue weighted by Crippen LogP contribution is 2.38. The van der Waals surface area contributed by atoms with Gasteiger partial charge in [-0.25, -0.2) is 9.79 Å². The Labute approximate surface area is 250 Å². The van der Waals surface area contributed by atoms with E-state index in [1.807, 2.05) is 50.3 Å². The molecule has 5 rings (SSSR count). The number of para-hydroxylation sites is 1. The third kappa shape index (κ3) is 5.02. The summed E-state index contributed by atoms with van der Waals surface area (Å²) in [5.74, 6) is 0.0394. The number of hydrogen-bond donors (Lipinski definition) is 0. The number of allylic oxidation sites excluding steroid dienone is 2. The number of esters is 1. The van der Waals surface area contributed by atoms with Crippen LogP contribution in [0.15, 0.2) is 74.6 Å². The molecule has 212 valence electrons. The van der Waals surface area contributed by atoms with E-state index < -0.39 is 12.0 Å². The SMILES string of the molecule is C=CCn1c(C)c(/C=c2\sc3n(c2=O)[C@@H](c2cc(Br)ccc2OC(C)C)C(C(=O)OC)=C(C)N=3)c2cccc(C)c21. The maximum absolute atomic E-state index is 14.3. The fraction of sp³-hybridized carbons (Fsp3) is 0.281. The van der Waals surface area contributed by atoms with Crippen molar-refractivity contribution in [2.24, 2.45) is 4.99 Å². The lowest BCUT2D eigenvalue weighted by Crippen LogP contribution is -2.40. The molecule has 9 heteroatoms. The Morgan fingerprint density at radius 2 is 1.98 bits per heavy atom.